The lowest BCUT2D eigenvalue weighted by Gasteiger charge is -2.01. The number of rotatable bonds is 3. The van der Waals surface area contributed by atoms with Crippen LogP contribution in [0.25, 0.3) is 0 Å². The average Bonchev–Trinajstić information content (AvgIpc) is 1.90. The first kappa shape index (κ1) is 7.77. The molecule has 0 unspecified atom stereocenters. The number of nitrogens with two attached hydrogens (primary N) is 1. The molecule has 3 amide bonds. The quantitative estimate of drug-likeness (QED) is 0.452. The lowest BCUT2D eigenvalue weighted by molar-refractivity contribution is -0.142. The highest BCUT2D eigenvalue weighted by Gasteiger charge is 2.06. The first-order valence-corrected chi connectivity index (χ1v) is 2.18. The van der Waals surface area contributed by atoms with E-state index < -0.39 is 5.91 Å². The molecule has 2 N–H and O–H groups in total. The van der Waals surface area contributed by atoms with E-state index in [2.05, 4.69) is 0 Å². The van der Waals surface area contributed by atoms with Crippen molar-refractivity contribution in [3.63, 3.8) is 0 Å². The Bertz CT molecular complexity index is 126. The summed E-state index contributed by atoms with van der Waals surface area (Å²) in [5.74, 6) is -0.708. The van der Waals surface area contributed by atoms with Gasteiger partial charge in [0, 0.05) is 0 Å². The van der Waals surface area contributed by atoms with E-state index in [-0.39, 0.29) is 19.4 Å². The van der Waals surface area contributed by atoms with E-state index in [0.29, 0.717) is 4.90 Å². The van der Waals surface area contributed by atoms with Gasteiger partial charge >= 0.3 is 0 Å². The van der Waals surface area contributed by atoms with Crippen LogP contribution in [-0.2, 0) is 14.4 Å². The standard InChI is InChI=1S/C4H6N2O3/c5-1-4(9)6(2-7)3-8/h2-3H,1,5H2. The van der Waals surface area contributed by atoms with Gasteiger partial charge in [-0.2, -0.15) is 0 Å². The van der Waals surface area contributed by atoms with Crippen LogP contribution in [0, 0.1) is 0 Å². The second kappa shape index (κ2) is 3.73. The molecule has 0 bridgehead atoms. The molecular weight excluding hydrogens is 124 g/mol. The van der Waals surface area contributed by atoms with Gasteiger partial charge in [0.1, 0.15) is 0 Å². The summed E-state index contributed by atoms with van der Waals surface area (Å²) in [5.41, 5.74) is 4.82. The van der Waals surface area contributed by atoms with Crippen molar-refractivity contribution in [2.45, 2.75) is 0 Å². The summed E-state index contributed by atoms with van der Waals surface area (Å²) in [6.45, 7) is -0.336. The fraction of sp³-hybridized carbons (Fsp3) is 0.250. The summed E-state index contributed by atoms with van der Waals surface area (Å²) in [6.07, 6.45) is 0.227. The van der Waals surface area contributed by atoms with Crippen molar-refractivity contribution in [2.75, 3.05) is 6.54 Å². The molecule has 0 heterocycles. The minimum absolute atomic E-state index is 0.113. The summed E-state index contributed by atoms with van der Waals surface area (Å²) >= 11 is 0. The van der Waals surface area contributed by atoms with Crippen molar-refractivity contribution in [1.29, 1.82) is 0 Å². The van der Waals surface area contributed by atoms with Gasteiger partial charge in [-0.1, -0.05) is 0 Å². The molecule has 0 aromatic heterocycles. The molecule has 0 atom stereocenters. The molecule has 0 aliphatic carbocycles. The first-order valence-electron chi connectivity index (χ1n) is 2.18. The molecule has 0 aliphatic rings. The van der Waals surface area contributed by atoms with Crippen molar-refractivity contribution < 1.29 is 14.4 Å². The smallest absolute Gasteiger partial charge is 0.249 e. The third-order valence-corrected chi connectivity index (χ3v) is 0.690. The lowest BCUT2D eigenvalue weighted by Crippen LogP contribution is -2.33. The number of imide groups is 3. The number of nitrogens with zero attached hydrogens (tertiary/aromatic N) is 1. The maximum absolute atomic E-state index is 10.3. The third-order valence-electron chi connectivity index (χ3n) is 0.690. The second-order valence-electron chi connectivity index (χ2n) is 1.22. The number of amides is 3. The second-order valence-corrected chi connectivity index (χ2v) is 1.22. The van der Waals surface area contributed by atoms with Gasteiger partial charge in [-0.05, 0) is 0 Å². The molecule has 0 aromatic carbocycles. The Balaban J connectivity index is 3.93. The number of carbonyl (C=O) groups excluding carboxylic acids is 3. The largest absolute Gasteiger partial charge is 0.322 e. The van der Waals surface area contributed by atoms with E-state index in [1.165, 1.54) is 0 Å². The highest BCUT2D eigenvalue weighted by Crippen LogP contribution is 1.73. The molecule has 50 valence electrons. The summed E-state index contributed by atoms with van der Waals surface area (Å²) in [6, 6.07) is 0. The molecule has 0 rings (SSSR count). The van der Waals surface area contributed by atoms with Crippen molar-refractivity contribution in [3.8, 4) is 0 Å². The van der Waals surface area contributed by atoms with Crippen LogP contribution >= 0.6 is 0 Å². The van der Waals surface area contributed by atoms with Gasteiger partial charge in [0.05, 0.1) is 6.54 Å². The third kappa shape index (κ3) is 2.00. The SMILES string of the molecule is NCC(=O)N(C=O)C=O. The van der Waals surface area contributed by atoms with E-state index >= 15 is 0 Å². The molecule has 0 aromatic rings. The van der Waals surface area contributed by atoms with E-state index in [0.717, 1.165) is 0 Å². The maximum atomic E-state index is 10.3. The number of carbonyl (C=O) groups is 3. The Morgan fingerprint density at radius 2 is 1.89 bits per heavy atom. The Kier molecular flexibility index (Phi) is 3.22. The summed E-state index contributed by atoms with van der Waals surface area (Å²) < 4.78 is 0. The lowest BCUT2D eigenvalue weighted by atomic mass is 10.6. The van der Waals surface area contributed by atoms with Crippen LogP contribution in [0.2, 0.25) is 0 Å². The predicted octanol–water partition coefficient (Wildman–Crippen LogP) is -1.91. The van der Waals surface area contributed by atoms with Crippen LogP contribution in [0.1, 0.15) is 0 Å². The monoisotopic (exact) mass is 130 g/mol. The van der Waals surface area contributed by atoms with E-state index in [1.807, 2.05) is 0 Å². The van der Waals surface area contributed by atoms with Crippen molar-refractivity contribution in [3.05, 3.63) is 0 Å². The van der Waals surface area contributed by atoms with Gasteiger partial charge in [0.2, 0.25) is 18.7 Å². The average molecular weight is 130 g/mol. The zero-order valence-electron chi connectivity index (χ0n) is 4.61. The summed E-state index contributed by atoms with van der Waals surface area (Å²) in [4.78, 5) is 30.2. The number of hydrogen-bond acceptors (Lipinski definition) is 4. The minimum Gasteiger partial charge on any atom is -0.322 e. The number of hydrogen-bond donors (Lipinski definition) is 1. The summed E-state index contributed by atoms with van der Waals surface area (Å²) in [7, 11) is 0. The van der Waals surface area contributed by atoms with Crippen molar-refractivity contribution in [1.82, 2.24) is 4.90 Å². The first-order chi connectivity index (χ1) is 4.26. The zero-order chi connectivity index (χ0) is 7.28. The molecule has 5 nitrogen and oxygen atoms in total. The Morgan fingerprint density at radius 3 is 2.00 bits per heavy atom. The van der Waals surface area contributed by atoms with E-state index in [9.17, 15) is 14.4 Å². The fourth-order valence-corrected chi connectivity index (χ4v) is 0.248. The van der Waals surface area contributed by atoms with Crippen LogP contribution in [0.3, 0.4) is 0 Å². The van der Waals surface area contributed by atoms with Crippen molar-refractivity contribution >= 4 is 18.7 Å². The Hall–Kier alpha value is -1.23. The van der Waals surface area contributed by atoms with Crippen LogP contribution in [0.15, 0.2) is 0 Å². The minimum atomic E-state index is -0.708. The molecule has 5 heteroatoms. The highest BCUT2D eigenvalue weighted by molar-refractivity contribution is 5.97. The van der Waals surface area contributed by atoms with Gasteiger partial charge in [0.15, 0.2) is 0 Å². The van der Waals surface area contributed by atoms with Gasteiger partial charge < -0.3 is 5.73 Å². The van der Waals surface area contributed by atoms with Crippen LogP contribution < -0.4 is 5.73 Å². The normalized spacial score (nSPS) is 8.11. The molecule has 9 heavy (non-hydrogen) atoms. The molecule has 0 saturated heterocycles. The van der Waals surface area contributed by atoms with Gasteiger partial charge in [-0.15, -0.1) is 0 Å². The summed E-state index contributed by atoms with van der Waals surface area (Å²) in [5, 5.41) is 0. The maximum Gasteiger partial charge on any atom is 0.249 e. The van der Waals surface area contributed by atoms with Gasteiger partial charge in [-0.25, -0.2) is 4.90 Å². The van der Waals surface area contributed by atoms with E-state index in [4.69, 9.17) is 5.73 Å². The molecule has 0 radical (unpaired) electrons. The topological polar surface area (TPSA) is 80.5 Å². The molecule has 0 fully saturated rings. The van der Waals surface area contributed by atoms with Crippen LogP contribution in [-0.4, -0.2) is 30.2 Å². The van der Waals surface area contributed by atoms with Crippen LogP contribution in [0.4, 0.5) is 0 Å². The van der Waals surface area contributed by atoms with Gasteiger partial charge in [0.25, 0.3) is 0 Å². The Morgan fingerprint density at radius 1 is 1.44 bits per heavy atom. The molecule has 0 saturated carbocycles. The molecule has 0 spiro atoms. The van der Waals surface area contributed by atoms with Crippen molar-refractivity contribution in [2.24, 2.45) is 5.73 Å². The zero-order valence-corrected chi connectivity index (χ0v) is 4.61. The predicted molar refractivity (Wildman–Crippen MR) is 28.0 cm³/mol. The molecule has 0 aliphatic heterocycles. The van der Waals surface area contributed by atoms with Gasteiger partial charge in [-0.3, -0.25) is 14.4 Å². The van der Waals surface area contributed by atoms with E-state index in [1.54, 1.807) is 0 Å². The highest BCUT2D eigenvalue weighted by atomic mass is 16.2. The molecular formula is C4H6N2O3. The fourth-order valence-electron chi connectivity index (χ4n) is 0.248. The van der Waals surface area contributed by atoms with Crippen LogP contribution in [0.5, 0.6) is 0 Å². The Labute approximate surface area is 51.4 Å².